The van der Waals surface area contributed by atoms with Crippen LogP contribution in [0.3, 0.4) is 0 Å². The Morgan fingerprint density at radius 3 is 2.83 bits per heavy atom. The van der Waals surface area contributed by atoms with Crippen LogP contribution in [0.4, 0.5) is 0 Å². The zero-order chi connectivity index (χ0) is 13.0. The molecule has 0 amide bonds. The summed E-state index contributed by atoms with van der Waals surface area (Å²) in [4.78, 5) is 2.54. The molecule has 2 aliphatic heterocycles. The number of piperidine rings is 1. The first-order valence-corrected chi connectivity index (χ1v) is 7.64. The van der Waals surface area contributed by atoms with Crippen LogP contribution in [-0.2, 0) is 4.74 Å². The van der Waals surface area contributed by atoms with Crippen molar-refractivity contribution in [1.29, 1.82) is 0 Å². The average molecular weight is 254 g/mol. The van der Waals surface area contributed by atoms with Crippen molar-refractivity contribution in [2.75, 3.05) is 26.7 Å². The van der Waals surface area contributed by atoms with E-state index in [2.05, 4.69) is 31.1 Å². The molecule has 0 aromatic rings. The topological polar surface area (TPSA) is 24.5 Å². The van der Waals surface area contributed by atoms with E-state index in [0.29, 0.717) is 6.04 Å². The minimum atomic E-state index is 0.0670. The third-order valence-corrected chi connectivity index (χ3v) is 4.53. The number of likely N-dealkylation sites (tertiary alicyclic amines) is 1. The van der Waals surface area contributed by atoms with Crippen LogP contribution in [0.1, 0.15) is 52.4 Å². The standard InChI is InChI=1S/C15H30N2O/c1-15(2)12-13(8-11-18-15)16-9-7-14-6-4-5-10-17(14)3/h13-14,16H,4-12H2,1-3H3. The van der Waals surface area contributed by atoms with E-state index in [1.807, 2.05) is 0 Å². The first-order chi connectivity index (χ1) is 8.57. The van der Waals surface area contributed by atoms with Gasteiger partial charge >= 0.3 is 0 Å². The molecule has 2 rings (SSSR count). The Bertz CT molecular complexity index is 255. The predicted octanol–water partition coefficient (Wildman–Crippen LogP) is 2.41. The molecule has 0 spiro atoms. The van der Waals surface area contributed by atoms with Gasteiger partial charge in [-0.15, -0.1) is 0 Å². The Morgan fingerprint density at radius 1 is 1.28 bits per heavy atom. The first kappa shape index (κ1) is 14.3. The summed E-state index contributed by atoms with van der Waals surface area (Å²) < 4.78 is 5.76. The van der Waals surface area contributed by atoms with E-state index in [-0.39, 0.29) is 5.60 Å². The number of rotatable bonds is 4. The second-order valence-electron chi connectivity index (χ2n) is 6.67. The fraction of sp³-hybridized carbons (Fsp3) is 1.00. The summed E-state index contributed by atoms with van der Waals surface area (Å²) in [5.74, 6) is 0. The van der Waals surface area contributed by atoms with E-state index < -0.39 is 0 Å². The van der Waals surface area contributed by atoms with Crippen molar-refractivity contribution in [3.63, 3.8) is 0 Å². The molecule has 3 heteroatoms. The average Bonchev–Trinajstić information content (AvgIpc) is 2.30. The summed E-state index contributed by atoms with van der Waals surface area (Å²) in [6.07, 6.45) is 7.80. The van der Waals surface area contributed by atoms with Gasteiger partial charge in [0.1, 0.15) is 0 Å². The summed E-state index contributed by atoms with van der Waals surface area (Å²) in [5, 5.41) is 3.74. The monoisotopic (exact) mass is 254 g/mol. The number of nitrogens with one attached hydrogen (secondary N) is 1. The molecule has 0 aromatic heterocycles. The van der Waals surface area contributed by atoms with E-state index in [4.69, 9.17) is 4.74 Å². The molecule has 0 aliphatic carbocycles. The fourth-order valence-corrected chi connectivity index (χ4v) is 3.37. The van der Waals surface area contributed by atoms with Crippen LogP contribution in [0.2, 0.25) is 0 Å². The molecule has 0 bridgehead atoms. The molecular weight excluding hydrogens is 224 g/mol. The highest BCUT2D eigenvalue weighted by Gasteiger charge is 2.28. The molecule has 2 heterocycles. The molecule has 1 N–H and O–H groups in total. The van der Waals surface area contributed by atoms with Crippen LogP contribution in [-0.4, -0.2) is 49.3 Å². The molecule has 3 nitrogen and oxygen atoms in total. The largest absolute Gasteiger partial charge is 0.375 e. The lowest BCUT2D eigenvalue weighted by Crippen LogP contribution is -2.45. The zero-order valence-electron chi connectivity index (χ0n) is 12.4. The minimum Gasteiger partial charge on any atom is -0.375 e. The summed E-state index contributed by atoms with van der Waals surface area (Å²) in [5.41, 5.74) is 0.0670. The maximum atomic E-state index is 5.76. The van der Waals surface area contributed by atoms with Gasteiger partial charge in [0.2, 0.25) is 0 Å². The Labute approximate surface area is 112 Å². The second kappa shape index (κ2) is 6.36. The molecule has 0 aromatic carbocycles. The van der Waals surface area contributed by atoms with Gasteiger partial charge in [-0.25, -0.2) is 0 Å². The zero-order valence-corrected chi connectivity index (χ0v) is 12.4. The van der Waals surface area contributed by atoms with Crippen molar-refractivity contribution in [1.82, 2.24) is 10.2 Å². The molecule has 2 atom stereocenters. The van der Waals surface area contributed by atoms with Crippen LogP contribution in [0, 0.1) is 0 Å². The molecule has 2 fully saturated rings. The fourth-order valence-electron chi connectivity index (χ4n) is 3.37. The number of hydrogen-bond acceptors (Lipinski definition) is 3. The number of nitrogens with zero attached hydrogens (tertiary/aromatic N) is 1. The Balaban J connectivity index is 1.65. The molecule has 0 radical (unpaired) electrons. The summed E-state index contributed by atoms with van der Waals surface area (Å²) in [6.45, 7) is 7.77. The van der Waals surface area contributed by atoms with Crippen molar-refractivity contribution in [2.24, 2.45) is 0 Å². The normalized spacial score (nSPS) is 33.5. The van der Waals surface area contributed by atoms with Gasteiger partial charge in [0.05, 0.1) is 5.60 Å². The molecule has 106 valence electrons. The number of ether oxygens (including phenoxy) is 1. The predicted molar refractivity (Wildman–Crippen MR) is 75.9 cm³/mol. The lowest BCUT2D eigenvalue weighted by molar-refractivity contribution is -0.0629. The lowest BCUT2D eigenvalue weighted by Gasteiger charge is -2.37. The van der Waals surface area contributed by atoms with Crippen molar-refractivity contribution < 1.29 is 4.74 Å². The first-order valence-electron chi connectivity index (χ1n) is 7.64. The summed E-state index contributed by atoms with van der Waals surface area (Å²) in [6, 6.07) is 1.46. The maximum Gasteiger partial charge on any atom is 0.0641 e. The Kier molecular flexibility index (Phi) is 5.05. The molecular formula is C15H30N2O. The molecule has 2 unspecified atom stereocenters. The van der Waals surface area contributed by atoms with Gasteiger partial charge in [0.25, 0.3) is 0 Å². The van der Waals surface area contributed by atoms with Crippen LogP contribution in [0.15, 0.2) is 0 Å². The summed E-state index contributed by atoms with van der Waals surface area (Å²) in [7, 11) is 2.28. The third-order valence-electron chi connectivity index (χ3n) is 4.53. The summed E-state index contributed by atoms with van der Waals surface area (Å²) >= 11 is 0. The van der Waals surface area contributed by atoms with Crippen molar-refractivity contribution >= 4 is 0 Å². The van der Waals surface area contributed by atoms with Gasteiger partial charge in [-0.2, -0.15) is 0 Å². The van der Waals surface area contributed by atoms with Crippen LogP contribution < -0.4 is 5.32 Å². The molecule has 18 heavy (non-hydrogen) atoms. The maximum absolute atomic E-state index is 5.76. The van der Waals surface area contributed by atoms with E-state index in [9.17, 15) is 0 Å². The van der Waals surface area contributed by atoms with Crippen LogP contribution >= 0.6 is 0 Å². The van der Waals surface area contributed by atoms with Gasteiger partial charge in [-0.1, -0.05) is 6.42 Å². The van der Waals surface area contributed by atoms with E-state index in [0.717, 1.165) is 25.6 Å². The van der Waals surface area contributed by atoms with Gasteiger partial charge < -0.3 is 15.0 Å². The Morgan fingerprint density at radius 2 is 2.11 bits per heavy atom. The lowest BCUT2D eigenvalue weighted by atomic mass is 9.93. The van der Waals surface area contributed by atoms with Gasteiger partial charge in [0, 0.05) is 18.7 Å². The smallest absolute Gasteiger partial charge is 0.0641 e. The SMILES string of the molecule is CN1CCCCC1CCNC1CCOC(C)(C)C1. The second-order valence-corrected chi connectivity index (χ2v) is 6.67. The van der Waals surface area contributed by atoms with Crippen molar-refractivity contribution in [3.05, 3.63) is 0 Å². The minimum absolute atomic E-state index is 0.0670. The van der Waals surface area contributed by atoms with Crippen molar-refractivity contribution in [3.8, 4) is 0 Å². The van der Waals surface area contributed by atoms with Gasteiger partial charge in [-0.3, -0.25) is 0 Å². The third kappa shape index (κ3) is 4.22. The van der Waals surface area contributed by atoms with Gasteiger partial charge in [0.15, 0.2) is 0 Å². The van der Waals surface area contributed by atoms with Crippen molar-refractivity contribution in [2.45, 2.75) is 70.1 Å². The molecule has 2 saturated heterocycles. The number of hydrogen-bond donors (Lipinski definition) is 1. The van der Waals surface area contributed by atoms with Crippen LogP contribution in [0.25, 0.3) is 0 Å². The van der Waals surface area contributed by atoms with E-state index in [1.165, 1.54) is 38.6 Å². The quantitative estimate of drug-likeness (QED) is 0.834. The van der Waals surface area contributed by atoms with E-state index >= 15 is 0 Å². The highest BCUT2D eigenvalue weighted by Crippen LogP contribution is 2.24. The molecule has 2 aliphatic rings. The van der Waals surface area contributed by atoms with Gasteiger partial charge in [-0.05, 0) is 66.1 Å². The molecule has 0 saturated carbocycles. The van der Waals surface area contributed by atoms with Crippen LogP contribution in [0.5, 0.6) is 0 Å². The van der Waals surface area contributed by atoms with E-state index in [1.54, 1.807) is 0 Å². The highest BCUT2D eigenvalue weighted by molar-refractivity contribution is 4.83. The highest BCUT2D eigenvalue weighted by atomic mass is 16.5. The Hall–Kier alpha value is -0.120.